The van der Waals surface area contributed by atoms with Crippen molar-refractivity contribution in [2.75, 3.05) is 18.5 Å². The number of benzene rings is 1. The van der Waals surface area contributed by atoms with E-state index in [1.54, 1.807) is 24.1 Å². The number of hydrogen-bond donors (Lipinski definition) is 0. The molecule has 0 saturated carbocycles. The van der Waals surface area contributed by atoms with Crippen molar-refractivity contribution in [3.8, 4) is 0 Å². The van der Waals surface area contributed by atoms with Crippen molar-refractivity contribution in [2.24, 2.45) is 0 Å². The number of fused-ring (bicyclic) bond motifs is 1. The summed E-state index contributed by atoms with van der Waals surface area (Å²) in [5.74, 6) is -0.432. The van der Waals surface area contributed by atoms with Gasteiger partial charge in [0.05, 0.1) is 4.92 Å². The van der Waals surface area contributed by atoms with Crippen LogP contribution in [-0.2, 0) is 0 Å². The van der Waals surface area contributed by atoms with Gasteiger partial charge in [0.1, 0.15) is 11.5 Å². The van der Waals surface area contributed by atoms with Crippen molar-refractivity contribution < 1.29 is 9.31 Å². The third-order valence-corrected chi connectivity index (χ3v) is 2.38. The second-order valence-electron chi connectivity index (χ2n) is 3.37. The largest absolute Gasteiger partial charge is 0.365 e. The molecule has 1 heterocycles. The molecule has 4 nitrogen and oxygen atoms in total. The lowest BCUT2D eigenvalue weighted by atomic mass is 10.1. The number of hydrogen-bond acceptors (Lipinski definition) is 3. The van der Waals surface area contributed by atoms with Gasteiger partial charge >= 0.3 is 0 Å². The van der Waals surface area contributed by atoms with Crippen LogP contribution in [0, 0.1) is 15.9 Å². The summed E-state index contributed by atoms with van der Waals surface area (Å²) in [6, 6.07) is 2.32. The Morgan fingerprint density at radius 3 is 2.93 bits per heavy atom. The predicted molar refractivity (Wildman–Crippen MR) is 55.4 cm³/mol. The van der Waals surface area contributed by atoms with Gasteiger partial charge in [0.25, 0.3) is 5.69 Å². The van der Waals surface area contributed by atoms with Crippen molar-refractivity contribution in [1.29, 1.82) is 0 Å². The Labute approximate surface area is 85.8 Å². The minimum absolute atomic E-state index is 0.0572. The molecule has 78 valence electrons. The maximum atomic E-state index is 13.4. The SMILES string of the molecule is CN1CC=Cc2c(F)ccc([N+](=O)[O-])c21. The van der Waals surface area contributed by atoms with E-state index >= 15 is 0 Å². The van der Waals surface area contributed by atoms with E-state index in [2.05, 4.69) is 0 Å². The van der Waals surface area contributed by atoms with Gasteiger partial charge in [0, 0.05) is 25.2 Å². The molecule has 0 fully saturated rings. The molecule has 0 aliphatic carbocycles. The first kappa shape index (κ1) is 9.64. The van der Waals surface area contributed by atoms with Gasteiger partial charge in [-0.25, -0.2) is 4.39 Å². The smallest absolute Gasteiger partial charge is 0.293 e. The topological polar surface area (TPSA) is 46.4 Å². The number of halogens is 1. The highest BCUT2D eigenvalue weighted by Crippen LogP contribution is 2.35. The molecule has 1 aromatic carbocycles. The first-order chi connectivity index (χ1) is 7.11. The molecule has 1 aliphatic heterocycles. The molecule has 1 aromatic rings. The Morgan fingerprint density at radius 2 is 2.27 bits per heavy atom. The Hall–Kier alpha value is -1.91. The molecule has 0 radical (unpaired) electrons. The maximum Gasteiger partial charge on any atom is 0.293 e. The van der Waals surface area contributed by atoms with Gasteiger partial charge in [0.2, 0.25) is 0 Å². The lowest BCUT2D eigenvalue weighted by Gasteiger charge is -2.23. The average molecular weight is 208 g/mol. The zero-order chi connectivity index (χ0) is 11.0. The summed E-state index contributed by atoms with van der Waals surface area (Å²) in [5.41, 5.74) is 0.582. The van der Waals surface area contributed by atoms with Crippen LogP contribution in [0.3, 0.4) is 0 Å². The van der Waals surface area contributed by atoms with E-state index in [9.17, 15) is 14.5 Å². The van der Waals surface area contributed by atoms with E-state index in [1.807, 2.05) is 0 Å². The van der Waals surface area contributed by atoms with Crippen LogP contribution in [0.15, 0.2) is 18.2 Å². The van der Waals surface area contributed by atoms with Gasteiger partial charge in [-0.1, -0.05) is 12.2 Å². The fraction of sp³-hybridized carbons (Fsp3) is 0.200. The van der Waals surface area contributed by atoms with Crippen molar-refractivity contribution in [1.82, 2.24) is 0 Å². The Morgan fingerprint density at radius 1 is 1.53 bits per heavy atom. The Bertz CT molecular complexity index is 457. The number of nitro benzene ring substituents is 1. The number of rotatable bonds is 1. The van der Waals surface area contributed by atoms with Gasteiger partial charge in [0.15, 0.2) is 0 Å². The van der Waals surface area contributed by atoms with Gasteiger partial charge in [-0.15, -0.1) is 0 Å². The lowest BCUT2D eigenvalue weighted by Crippen LogP contribution is -2.22. The van der Waals surface area contributed by atoms with Gasteiger partial charge < -0.3 is 4.90 Å². The fourth-order valence-electron chi connectivity index (χ4n) is 1.70. The first-order valence-electron chi connectivity index (χ1n) is 4.46. The van der Waals surface area contributed by atoms with E-state index in [-0.39, 0.29) is 11.3 Å². The Balaban J connectivity index is 2.72. The van der Waals surface area contributed by atoms with Crippen molar-refractivity contribution in [3.05, 3.63) is 39.7 Å². The molecule has 5 heteroatoms. The molecule has 0 atom stereocenters. The van der Waals surface area contributed by atoms with Crippen LogP contribution < -0.4 is 4.90 Å². The van der Waals surface area contributed by atoms with Crippen LogP contribution in [-0.4, -0.2) is 18.5 Å². The van der Waals surface area contributed by atoms with Crippen LogP contribution in [0.2, 0.25) is 0 Å². The average Bonchev–Trinajstić information content (AvgIpc) is 2.19. The third kappa shape index (κ3) is 1.45. The second kappa shape index (κ2) is 3.34. The molecule has 0 aromatic heterocycles. The fourth-order valence-corrected chi connectivity index (χ4v) is 1.70. The quantitative estimate of drug-likeness (QED) is 0.525. The van der Waals surface area contributed by atoms with Gasteiger partial charge in [-0.2, -0.15) is 0 Å². The lowest BCUT2D eigenvalue weighted by molar-refractivity contribution is -0.384. The van der Waals surface area contributed by atoms with Crippen molar-refractivity contribution >= 4 is 17.5 Å². The third-order valence-electron chi connectivity index (χ3n) is 2.38. The minimum atomic E-state index is -0.492. The van der Waals surface area contributed by atoms with E-state index < -0.39 is 10.7 Å². The van der Waals surface area contributed by atoms with Crippen LogP contribution in [0.25, 0.3) is 6.08 Å². The number of nitrogens with zero attached hydrogens (tertiary/aromatic N) is 2. The van der Waals surface area contributed by atoms with E-state index in [0.717, 1.165) is 6.07 Å². The van der Waals surface area contributed by atoms with Gasteiger partial charge in [-0.05, 0) is 6.07 Å². The number of nitro groups is 1. The maximum absolute atomic E-state index is 13.4. The highest BCUT2D eigenvalue weighted by molar-refractivity contribution is 5.79. The molecule has 2 rings (SSSR count). The van der Waals surface area contributed by atoms with E-state index in [0.29, 0.717) is 12.2 Å². The standard InChI is InChI=1S/C10H9FN2O2/c1-12-6-2-3-7-8(11)4-5-9(10(7)12)13(14)15/h2-5H,6H2,1H3. The van der Waals surface area contributed by atoms with Gasteiger partial charge in [-0.3, -0.25) is 10.1 Å². The zero-order valence-electron chi connectivity index (χ0n) is 8.11. The summed E-state index contributed by atoms with van der Waals surface area (Å²) >= 11 is 0. The molecular formula is C10H9FN2O2. The molecule has 1 aliphatic rings. The van der Waals surface area contributed by atoms with Crippen molar-refractivity contribution in [3.63, 3.8) is 0 Å². The van der Waals surface area contributed by atoms with Crippen LogP contribution >= 0.6 is 0 Å². The first-order valence-corrected chi connectivity index (χ1v) is 4.46. The van der Waals surface area contributed by atoms with Crippen LogP contribution in [0.4, 0.5) is 15.8 Å². The summed E-state index contributed by atoms with van der Waals surface area (Å²) < 4.78 is 13.4. The molecule has 0 spiro atoms. The minimum Gasteiger partial charge on any atom is -0.365 e. The van der Waals surface area contributed by atoms with E-state index in [1.165, 1.54) is 6.07 Å². The molecule has 0 N–H and O–H groups in total. The van der Waals surface area contributed by atoms with Crippen molar-refractivity contribution in [2.45, 2.75) is 0 Å². The summed E-state index contributed by atoms with van der Waals surface area (Å²) in [6.07, 6.45) is 3.35. The summed E-state index contributed by atoms with van der Waals surface area (Å²) in [4.78, 5) is 11.9. The number of likely N-dealkylation sites (N-methyl/N-ethyl adjacent to an activating group) is 1. The van der Waals surface area contributed by atoms with E-state index in [4.69, 9.17) is 0 Å². The zero-order valence-corrected chi connectivity index (χ0v) is 8.11. The van der Waals surface area contributed by atoms with Crippen LogP contribution in [0.1, 0.15) is 5.56 Å². The second-order valence-corrected chi connectivity index (χ2v) is 3.37. The van der Waals surface area contributed by atoms with Crippen LogP contribution in [0.5, 0.6) is 0 Å². The molecule has 0 amide bonds. The molecule has 0 unspecified atom stereocenters. The normalized spacial score (nSPS) is 13.9. The highest BCUT2D eigenvalue weighted by atomic mass is 19.1. The monoisotopic (exact) mass is 208 g/mol. The molecule has 0 saturated heterocycles. The highest BCUT2D eigenvalue weighted by Gasteiger charge is 2.24. The Kier molecular flexibility index (Phi) is 2.15. The molecular weight excluding hydrogens is 199 g/mol. The molecule has 0 bridgehead atoms. The predicted octanol–water partition coefficient (Wildman–Crippen LogP) is 2.20. The summed E-state index contributed by atoms with van der Waals surface area (Å²) in [6.45, 7) is 0.553. The summed E-state index contributed by atoms with van der Waals surface area (Å²) in [5, 5.41) is 10.8. The summed E-state index contributed by atoms with van der Waals surface area (Å²) in [7, 11) is 1.70. The number of anilines is 1. The molecule has 15 heavy (non-hydrogen) atoms.